The van der Waals surface area contributed by atoms with E-state index in [0.717, 1.165) is 51.4 Å². The highest BCUT2D eigenvalue weighted by atomic mass is 16.2. The number of amides is 1. The van der Waals surface area contributed by atoms with Gasteiger partial charge in [-0.2, -0.15) is 0 Å². The van der Waals surface area contributed by atoms with Gasteiger partial charge in [0, 0.05) is 38.6 Å². The maximum absolute atomic E-state index is 13.0. The summed E-state index contributed by atoms with van der Waals surface area (Å²) in [5.41, 5.74) is 1.04. The van der Waals surface area contributed by atoms with Crippen LogP contribution >= 0.6 is 0 Å². The van der Waals surface area contributed by atoms with Crippen LogP contribution in [0.25, 0.3) is 0 Å². The van der Waals surface area contributed by atoms with E-state index in [1.165, 1.54) is 5.56 Å². The summed E-state index contributed by atoms with van der Waals surface area (Å²) >= 11 is 0. The highest BCUT2D eigenvalue weighted by Gasteiger charge is 2.48. The quantitative estimate of drug-likeness (QED) is 0.871. The van der Waals surface area contributed by atoms with Crippen LogP contribution in [0.4, 0.5) is 5.95 Å². The molecular weight excluding hydrogens is 300 g/mol. The van der Waals surface area contributed by atoms with Crippen molar-refractivity contribution in [3.8, 4) is 0 Å². The van der Waals surface area contributed by atoms with Crippen molar-refractivity contribution < 1.29 is 4.79 Å². The van der Waals surface area contributed by atoms with Crippen molar-refractivity contribution in [1.82, 2.24) is 14.9 Å². The zero-order valence-electron chi connectivity index (χ0n) is 13.8. The molecule has 1 amide bonds. The van der Waals surface area contributed by atoms with Gasteiger partial charge in [-0.15, -0.1) is 0 Å². The number of benzene rings is 1. The Morgan fingerprint density at radius 1 is 0.917 bits per heavy atom. The second-order valence-electron chi connectivity index (χ2n) is 6.78. The van der Waals surface area contributed by atoms with E-state index in [2.05, 4.69) is 27.0 Å². The number of aromatic nitrogens is 2. The molecule has 0 aliphatic carbocycles. The number of carbonyl (C=O) groups excluding carboxylic acids is 1. The Balaban J connectivity index is 1.41. The Bertz CT molecular complexity index is 696. The third kappa shape index (κ3) is 2.75. The van der Waals surface area contributed by atoms with E-state index >= 15 is 0 Å². The molecule has 124 valence electrons. The third-order valence-electron chi connectivity index (χ3n) is 5.37. The summed E-state index contributed by atoms with van der Waals surface area (Å²) in [5, 5.41) is 0. The minimum absolute atomic E-state index is 0.167. The summed E-state index contributed by atoms with van der Waals surface area (Å²) in [7, 11) is 0. The summed E-state index contributed by atoms with van der Waals surface area (Å²) in [6, 6.07) is 12.1. The summed E-state index contributed by atoms with van der Waals surface area (Å²) in [4.78, 5) is 25.9. The number of carbonyl (C=O) groups is 1. The van der Waals surface area contributed by atoms with Crippen LogP contribution in [0, 0.1) is 5.41 Å². The Kier molecular flexibility index (Phi) is 3.92. The fourth-order valence-corrected chi connectivity index (χ4v) is 3.90. The molecule has 2 aromatic rings. The first-order chi connectivity index (χ1) is 11.8. The van der Waals surface area contributed by atoms with E-state index in [0.29, 0.717) is 5.91 Å². The molecule has 1 spiro atoms. The van der Waals surface area contributed by atoms with Crippen LogP contribution in [0.2, 0.25) is 0 Å². The van der Waals surface area contributed by atoms with Crippen LogP contribution in [-0.2, 0) is 11.3 Å². The number of piperidine rings is 1. The molecule has 0 saturated carbocycles. The predicted molar refractivity (Wildman–Crippen MR) is 92.4 cm³/mol. The normalized spacial score (nSPS) is 19.9. The number of nitrogens with zero attached hydrogens (tertiary/aromatic N) is 4. The molecule has 0 bridgehead atoms. The lowest BCUT2D eigenvalue weighted by Crippen LogP contribution is -2.45. The van der Waals surface area contributed by atoms with E-state index in [9.17, 15) is 4.79 Å². The van der Waals surface area contributed by atoms with Crippen LogP contribution in [-0.4, -0.2) is 40.4 Å². The molecule has 0 atom stereocenters. The van der Waals surface area contributed by atoms with Crippen LogP contribution in [0.5, 0.6) is 0 Å². The van der Waals surface area contributed by atoms with Crippen molar-refractivity contribution in [3.05, 3.63) is 54.4 Å². The molecule has 24 heavy (non-hydrogen) atoms. The molecule has 0 unspecified atom stereocenters. The molecule has 2 aliphatic heterocycles. The second kappa shape index (κ2) is 6.23. The van der Waals surface area contributed by atoms with Gasteiger partial charge in [0.15, 0.2) is 0 Å². The average molecular weight is 322 g/mol. The number of hydrogen-bond donors (Lipinski definition) is 0. The molecule has 1 aromatic carbocycles. The summed E-state index contributed by atoms with van der Waals surface area (Å²) in [6.07, 6.45) is 6.32. The molecule has 3 heterocycles. The van der Waals surface area contributed by atoms with Crippen molar-refractivity contribution in [2.24, 2.45) is 5.41 Å². The number of anilines is 1. The van der Waals surface area contributed by atoms with Crippen LogP contribution in [0.3, 0.4) is 0 Å². The summed E-state index contributed by atoms with van der Waals surface area (Å²) < 4.78 is 0. The van der Waals surface area contributed by atoms with Gasteiger partial charge in [-0.25, -0.2) is 9.97 Å². The van der Waals surface area contributed by atoms with Gasteiger partial charge < -0.3 is 9.80 Å². The number of hydrogen-bond acceptors (Lipinski definition) is 4. The van der Waals surface area contributed by atoms with Gasteiger partial charge in [-0.1, -0.05) is 30.3 Å². The molecular formula is C19H22N4O. The second-order valence-corrected chi connectivity index (χ2v) is 6.78. The SMILES string of the molecule is O=C1N(Cc2ccccc2)CCC12CCN(c1ncccn1)CC2. The minimum Gasteiger partial charge on any atom is -0.341 e. The lowest BCUT2D eigenvalue weighted by Gasteiger charge is -2.37. The van der Waals surface area contributed by atoms with E-state index < -0.39 is 0 Å². The summed E-state index contributed by atoms with van der Waals surface area (Å²) in [5.74, 6) is 1.11. The fraction of sp³-hybridized carbons (Fsp3) is 0.421. The molecule has 4 rings (SSSR count). The molecule has 2 saturated heterocycles. The molecule has 2 fully saturated rings. The first-order valence-electron chi connectivity index (χ1n) is 8.62. The Morgan fingerprint density at radius 3 is 2.29 bits per heavy atom. The largest absolute Gasteiger partial charge is 0.341 e. The van der Waals surface area contributed by atoms with Crippen molar-refractivity contribution in [3.63, 3.8) is 0 Å². The molecule has 1 aromatic heterocycles. The smallest absolute Gasteiger partial charge is 0.229 e. The van der Waals surface area contributed by atoms with Gasteiger partial charge in [0.2, 0.25) is 11.9 Å². The van der Waals surface area contributed by atoms with Crippen LogP contribution < -0.4 is 4.90 Å². The molecule has 0 radical (unpaired) electrons. The van der Waals surface area contributed by atoms with Gasteiger partial charge in [0.25, 0.3) is 0 Å². The highest BCUT2D eigenvalue weighted by molar-refractivity contribution is 5.85. The lowest BCUT2D eigenvalue weighted by atomic mass is 9.77. The topological polar surface area (TPSA) is 49.3 Å². The first kappa shape index (κ1) is 15.1. The van der Waals surface area contributed by atoms with Crippen LogP contribution in [0.1, 0.15) is 24.8 Å². The average Bonchev–Trinajstić information content (AvgIpc) is 2.94. The molecule has 0 N–H and O–H groups in total. The maximum Gasteiger partial charge on any atom is 0.229 e. The third-order valence-corrected chi connectivity index (χ3v) is 5.37. The number of likely N-dealkylation sites (tertiary alicyclic amines) is 1. The fourth-order valence-electron chi connectivity index (χ4n) is 3.90. The van der Waals surface area contributed by atoms with E-state index in [1.54, 1.807) is 12.4 Å². The maximum atomic E-state index is 13.0. The van der Waals surface area contributed by atoms with Crippen molar-refractivity contribution in [2.45, 2.75) is 25.8 Å². The summed E-state index contributed by atoms with van der Waals surface area (Å²) in [6.45, 7) is 3.31. The van der Waals surface area contributed by atoms with Gasteiger partial charge in [-0.3, -0.25) is 4.79 Å². The number of rotatable bonds is 3. The van der Waals surface area contributed by atoms with Crippen molar-refractivity contribution >= 4 is 11.9 Å². The van der Waals surface area contributed by atoms with Gasteiger partial charge >= 0.3 is 0 Å². The predicted octanol–water partition coefficient (Wildman–Crippen LogP) is 2.50. The Morgan fingerprint density at radius 2 is 1.58 bits per heavy atom. The molecule has 5 nitrogen and oxygen atoms in total. The van der Waals surface area contributed by atoms with Crippen molar-refractivity contribution in [2.75, 3.05) is 24.5 Å². The minimum atomic E-state index is -0.167. The lowest BCUT2D eigenvalue weighted by molar-refractivity contribution is -0.137. The van der Waals surface area contributed by atoms with Crippen molar-refractivity contribution in [1.29, 1.82) is 0 Å². The Hall–Kier alpha value is -2.43. The van der Waals surface area contributed by atoms with Gasteiger partial charge in [0.1, 0.15) is 0 Å². The van der Waals surface area contributed by atoms with Gasteiger partial charge in [0.05, 0.1) is 5.41 Å². The van der Waals surface area contributed by atoms with E-state index in [4.69, 9.17) is 0 Å². The molecule has 2 aliphatic rings. The zero-order valence-corrected chi connectivity index (χ0v) is 13.8. The first-order valence-corrected chi connectivity index (χ1v) is 8.62. The van der Waals surface area contributed by atoms with Crippen LogP contribution in [0.15, 0.2) is 48.8 Å². The standard InChI is InChI=1S/C19H22N4O/c24-17-19(9-14-23(17)15-16-5-2-1-3-6-16)7-12-22(13-8-19)18-20-10-4-11-21-18/h1-6,10-11H,7-9,12-15H2. The molecule has 5 heteroatoms. The Labute approximate surface area is 142 Å². The van der Waals surface area contributed by atoms with E-state index in [1.807, 2.05) is 29.2 Å². The zero-order chi connectivity index (χ0) is 16.4. The van der Waals surface area contributed by atoms with E-state index in [-0.39, 0.29) is 5.41 Å². The monoisotopic (exact) mass is 322 g/mol. The van der Waals surface area contributed by atoms with Gasteiger partial charge in [-0.05, 0) is 30.9 Å². The highest BCUT2D eigenvalue weighted by Crippen LogP contribution is 2.42.